The van der Waals surface area contributed by atoms with E-state index in [9.17, 15) is 0 Å². The van der Waals surface area contributed by atoms with E-state index in [1.807, 2.05) is 0 Å². The zero-order valence-corrected chi connectivity index (χ0v) is 17.8. The third kappa shape index (κ3) is 3.78. The highest BCUT2D eigenvalue weighted by atomic mass is 79.9. The van der Waals surface area contributed by atoms with Crippen LogP contribution in [0.25, 0.3) is 6.08 Å². The van der Waals surface area contributed by atoms with Crippen molar-refractivity contribution in [3.63, 3.8) is 0 Å². The fourth-order valence-electron chi connectivity index (χ4n) is 3.31. The molecule has 6 heteroatoms. The molecular weight excluding hydrogens is 474 g/mol. The van der Waals surface area contributed by atoms with Crippen LogP contribution in [0.3, 0.4) is 0 Å². The number of halogens is 2. The monoisotopic (exact) mass is 489 g/mol. The zero-order chi connectivity index (χ0) is 18.1. The largest absolute Gasteiger partial charge is 0.352 e. The normalized spacial score (nSPS) is 21.2. The maximum Gasteiger partial charge on any atom is 0.171 e. The van der Waals surface area contributed by atoms with Gasteiger partial charge in [0.25, 0.3) is 0 Å². The van der Waals surface area contributed by atoms with Crippen molar-refractivity contribution in [1.29, 1.82) is 0 Å². The molecule has 2 aliphatic rings. The van der Waals surface area contributed by atoms with Gasteiger partial charge in [0.15, 0.2) is 5.11 Å². The maximum atomic E-state index is 5.49. The van der Waals surface area contributed by atoms with Crippen molar-refractivity contribution in [3.05, 3.63) is 85.4 Å². The Kier molecular flexibility index (Phi) is 5.27. The summed E-state index contributed by atoms with van der Waals surface area (Å²) >= 11 is 12.5. The van der Waals surface area contributed by atoms with E-state index in [-0.39, 0.29) is 6.04 Å². The first-order chi connectivity index (χ1) is 12.6. The van der Waals surface area contributed by atoms with Crippen LogP contribution in [-0.2, 0) is 0 Å². The second kappa shape index (κ2) is 7.64. The number of rotatable bonds is 2. The molecule has 1 atom stereocenters. The topological polar surface area (TPSA) is 36.1 Å². The van der Waals surface area contributed by atoms with Crippen molar-refractivity contribution >= 4 is 55.3 Å². The van der Waals surface area contributed by atoms with Crippen LogP contribution in [0.15, 0.2) is 74.3 Å². The van der Waals surface area contributed by atoms with Gasteiger partial charge < -0.3 is 16.0 Å². The molecule has 2 aliphatic heterocycles. The molecule has 2 aromatic rings. The van der Waals surface area contributed by atoms with E-state index in [2.05, 4.69) is 102 Å². The molecule has 3 nitrogen and oxygen atoms in total. The van der Waals surface area contributed by atoms with E-state index in [0.717, 1.165) is 27.7 Å². The Morgan fingerprint density at radius 1 is 0.923 bits per heavy atom. The second-order valence-corrected chi connectivity index (χ2v) is 8.55. The lowest BCUT2D eigenvalue weighted by Gasteiger charge is -2.36. The van der Waals surface area contributed by atoms with Gasteiger partial charge in [-0.25, -0.2) is 0 Å². The van der Waals surface area contributed by atoms with Crippen LogP contribution in [0.5, 0.6) is 0 Å². The Morgan fingerprint density at radius 2 is 1.58 bits per heavy atom. The van der Waals surface area contributed by atoms with E-state index < -0.39 is 0 Å². The predicted molar refractivity (Wildman–Crippen MR) is 118 cm³/mol. The zero-order valence-electron chi connectivity index (χ0n) is 13.9. The SMILES string of the molecule is S=C1NC2=C(CNC/C2=C\c2ccc(Br)cc2)C(c2ccc(Br)cc2)N1. The maximum absolute atomic E-state index is 5.49. The highest BCUT2D eigenvalue weighted by Crippen LogP contribution is 2.32. The quantitative estimate of drug-likeness (QED) is 0.534. The number of thiocarbonyl (C=S) groups is 1. The average Bonchev–Trinajstić information content (AvgIpc) is 2.64. The molecule has 2 heterocycles. The molecule has 0 radical (unpaired) electrons. The molecular formula is C20H17Br2N3S. The molecule has 0 aromatic heterocycles. The molecule has 0 bridgehead atoms. The van der Waals surface area contributed by atoms with Crippen LogP contribution in [0, 0.1) is 0 Å². The van der Waals surface area contributed by atoms with E-state index in [1.165, 1.54) is 22.3 Å². The van der Waals surface area contributed by atoms with E-state index in [1.54, 1.807) is 0 Å². The first-order valence-corrected chi connectivity index (χ1v) is 10.3. The van der Waals surface area contributed by atoms with Gasteiger partial charge in [-0.15, -0.1) is 0 Å². The summed E-state index contributed by atoms with van der Waals surface area (Å²) in [6.07, 6.45) is 2.22. The summed E-state index contributed by atoms with van der Waals surface area (Å²) in [5.74, 6) is 0. The third-order valence-electron chi connectivity index (χ3n) is 4.55. The van der Waals surface area contributed by atoms with Crippen molar-refractivity contribution < 1.29 is 0 Å². The van der Waals surface area contributed by atoms with Crippen LogP contribution < -0.4 is 16.0 Å². The lowest BCUT2D eigenvalue weighted by molar-refractivity contribution is 0.614. The van der Waals surface area contributed by atoms with Gasteiger partial charge in [-0.1, -0.05) is 56.1 Å². The van der Waals surface area contributed by atoms with Crippen molar-refractivity contribution in [2.24, 2.45) is 0 Å². The van der Waals surface area contributed by atoms with Crippen LogP contribution >= 0.6 is 44.1 Å². The van der Waals surface area contributed by atoms with E-state index in [4.69, 9.17) is 12.2 Å². The number of hydrogen-bond donors (Lipinski definition) is 3. The minimum absolute atomic E-state index is 0.0768. The Balaban J connectivity index is 1.75. The molecule has 2 aromatic carbocycles. The minimum atomic E-state index is 0.0768. The summed E-state index contributed by atoms with van der Waals surface area (Å²) in [6, 6.07) is 16.8. The minimum Gasteiger partial charge on any atom is -0.352 e. The molecule has 0 fully saturated rings. The van der Waals surface area contributed by atoms with Crippen molar-refractivity contribution in [2.75, 3.05) is 13.1 Å². The van der Waals surface area contributed by atoms with Gasteiger partial charge in [0.1, 0.15) is 0 Å². The molecule has 0 aliphatic carbocycles. The Labute approximate surface area is 175 Å². The highest BCUT2D eigenvalue weighted by Gasteiger charge is 2.30. The lowest BCUT2D eigenvalue weighted by atomic mass is 9.90. The third-order valence-corrected chi connectivity index (χ3v) is 5.83. The average molecular weight is 491 g/mol. The van der Waals surface area contributed by atoms with Gasteiger partial charge in [-0.3, -0.25) is 0 Å². The van der Waals surface area contributed by atoms with E-state index in [0.29, 0.717) is 5.11 Å². The van der Waals surface area contributed by atoms with E-state index >= 15 is 0 Å². The lowest BCUT2D eigenvalue weighted by Crippen LogP contribution is -2.49. The van der Waals surface area contributed by atoms with Gasteiger partial charge in [0.2, 0.25) is 0 Å². The van der Waals surface area contributed by atoms with Gasteiger partial charge in [0, 0.05) is 27.7 Å². The number of benzene rings is 2. The summed E-state index contributed by atoms with van der Waals surface area (Å²) in [7, 11) is 0. The number of hydrogen-bond acceptors (Lipinski definition) is 2. The molecule has 0 saturated heterocycles. The van der Waals surface area contributed by atoms with Crippen LogP contribution in [0.4, 0.5) is 0 Å². The van der Waals surface area contributed by atoms with Crippen molar-refractivity contribution in [3.8, 4) is 0 Å². The van der Waals surface area contributed by atoms with Gasteiger partial charge in [0.05, 0.1) is 6.04 Å². The van der Waals surface area contributed by atoms with Crippen molar-refractivity contribution in [2.45, 2.75) is 6.04 Å². The molecule has 26 heavy (non-hydrogen) atoms. The molecule has 0 spiro atoms. The summed E-state index contributed by atoms with van der Waals surface area (Å²) in [4.78, 5) is 0. The number of nitrogens with one attached hydrogen (secondary N) is 3. The Bertz CT molecular complexity index is 902. The molecule has 3 N–H and O–H groups in total. The predicted octanol–water partition coefficient (Wildman–Crippen LogP) is 4.67. The first-order valence-electron chi connectivity index (χ1n) is 8.33. The summed E-state index contributed by atoms with van der Waals surface area (Å²) in [5.41, 5.74) is 6.03. The Hall–Kier alpha value is -1.47. The second-order valence-electron chi connectivity index (χ2n) is 6.31. The van der Waals surface area contributed by atoms with Crippen LogP contribution in [0.2, 0.25) is 0 Å². The molecule has 4 rings (SSSR count). The summed E-state index contributed by atoms with van der Waals surface area (Å²) in [6.45, 7) is 1.65. The van der Waals surface area contributed by atoms with Crippen LogP contribution in [0.1, 0.15) is 17.2 Å². The molecule has 0 amide bonds. The fourth-order valence-corrected chi connectivity index (χ4v) is 4.06. The molecule has 1 unspecified atom stereocenters. The van der Waals surface area contributed by atoms with Crippen molar-refractivity contribution in [1.82, 2.24) is 16.0 Å². The summed E-state index contributed by atoms with van der Waals surface area (Å²) in [5, 5.41) is 11.0. The summed E-state index contributed by atoms with van der Waals surface area (Å²) < 4.78 is 2.15. The first kappa shape index (κ1) is 17.9. The van der Waals surface area contributed by atoms with Crippen LogP contribution in [-0.4, -0.2) is 18.2 Å². The Morgan fingerprint density at radius 3 is 2.27 bits per heavy atom. The molecule has 0 saturated carbocycles. The fraction of sp³-hybridized carbons (Fsp3) is 0.150. The molecule has 132 valence electrons. The highest BCUT2D eigenvalue weighted by molar-refractivity contribution is 9.10. The van der Waals surface area contributed by atoms with Gasteiger partial charge >= 0.3 is 0 Å². The standard InChI is InChI=1S/C20H17Br2N3S/c21-15-5-1-12(2-6-15)9-14-10-23-11-17-18(24-20(26)25-19(14)17)13-3-7-16(22)8-4-13/h1-9,18,23H,10-11H2,(H2,24,25,26)/b14-9+. The van der Waals surface area contributed by atoms with Gasteiger partial charge in [-0.2, -0.15) is 0 Å². The van der Waals surface area contributed by atoms with Gasteiger partial charge in [-0.05, 0) is 64.8 Å². The smallest absolute Gasteiger partial charge is 0.171 e.